The van der Waals surface area contributed by atoms with E-state index in [2.05, 4.69) is 20.9 Å². The van der Waals surface area contributed by atoms with E-state index in [0.717, 1.165) is 16.5 Å². The van der Waals surface area contributed by atoms with Crippen LogP contribution in [0.3, 0.4) is 0 Å². The number of aromatic amines is 1. The van der Waals surface area contributed by atoms with Crippen LogP contribution in [-0.4, -0.2) is 18.0 Å². The summed E-state index contributed by atoms with van der Waals surface area (Å²) in [5.74, 6) is 0.316. The molecule has 6 heteroatoms. The molecule has 0 aliphatic rings. The van der Waals surface area contributed by atoms with Crippen molar-refractivity contribution in [2.45, 2.75) is 13.5 Å². The van der Waals surface area contributed by atoms with E-state index in [1.54, 1.807) is 24.1 Å². The number of carbonyl (C=O) groups is 1. The van der Waals surface area contributed by atoms with Gasteiger partial charge < -0.3 is 14.6 Å². The highest BCUT2D eigenvalue weighted by atomic mass is 79.9. The number of methoxy groups -OCH3 is 1. The number of amides is 1. The lowest BCUT2D eigenvalue weighted by atomic mass is 10.1. The Hall–Kier alpha value is -3.38. The number of ether oxygens (including phenoxy) is 1. The number of carbonyl (C=O) groups excluding carboxylic acids is 1. The van der Waals surface area contributed by atoms with Crippen molar-refractivity contribution in [2.75, 3.05) is 12.0 Å². The molecule has 0 spiro atoms. The number of halogens is 1. The molecular weight excluding hydrogens is 456 g/mol. The minimum absolute atomic E-state index is 0.0970. The first kappa shape index (κ1) is 20.9. The van der Waals surface area contributed by atoms with Gasteiger partial charge in [0.2, 0.25) is 0 Å². The van der Waals surface area contributed by atoms with Crippen LogP contribution in [0.1, 0.15) is 21.5 Å². The van der Waals surface area contributed by atoms with Gasteiger partial charge in [0.25, 0.3) is 11.5 Å². The summed E-state index contributed by atoms with van der Waals surface area (Å²) >= 11 is 3.47. The molecule has 1 N–H and O–H groups in total. The Labute approximate surface area is 188 Å². The third-order valence-electron chi connectivity index (χ3n) is 5.22. The Morgan fingerprint density at radius 1 is 1.03 bits per heavy atom. The number of rotatable bonds is 5. The highest BCUT2D eigenvalue weighted by molar-refractivity contribution is 9.10. The summed E-state index contributed by atoms with van der Waals surface area (Å²) in [6.45, 7) is 2.05. The van der Waals surface area contributed by atoms with E-state index >= 15 is 0 Å². The van der Waals surface area contributed by atoms with Crippen molar-refractivity contribution in [3.8, 4) is 5.75 Å². The maximum absolute atomic E-state index is 13.6. The largest absolute Gasteiger partial charge is 0.495 e. The van der Waals surface area contributed by atoms with Crippen LogP contribution >= 0.6 is 15.9 Å². The van der Waals surface area contributed by atoms with Crippen LogP contribution in [0, 0.1) is 6.92 Å². The zero-order chi connectivity index (χ0) is 22.0. The van der Waals surface area contributed by atoms with Gasteiger partial charge in [-0.05, 0) is 64.1 Å². The predicted molar refractivity (Wildman–Crippen MR) is 127 cm³/mol. The molecule has 1 amide bonds. The molecule has 1 aromatic heterocycles. The first-order valence-corrected chi connectivity index (χ1v) is 10.6. The summed E-state index contributed by atoms with van der Waals surface area (Å²) in [7, 11) is 1.56. The van der Waals surface area contributed by atoms with Crippen LogP contribution < -0.4 is 15.2 Å². The summed E-state index contributed by atoms with van der Waals surface area (Å²) in [5, 5.41) is 0.919. The van der Waals surface area contributed by atoms with Crippen molar-refractivity contribution in [3.05, 3.63) is 104 Å². The lowest BCUT2D eigenvalue weighted by Gasteiger charge is -2.25. The molecule has 0 aliphatic carbocycles. The molecule has 0 fully saturated rings. The Morgan fingerprint density at radius 2 is 1.77 bits per heavy atom. The molecule has 0 saturated heterocycles. The third kappa shape index (κ3) is 4.11. The van der Waals surface area contributed by atoms with Gasteiger partial charge in [-0.25, -0.2) is 0 Å². The number of benzene rings is 3. The maximum atomic E-state index is 13.6. The van der Waals surface area contributed by atoms with E-state index in [0.29, 0.717) is 27.0 Å². The maximum Gasteiger partial charge on any atom is 0.259 e. The van der Waals surface area contributed by atoms with Gasteiger partial charge in [0, 0.05) is 10.0 Å². The number of pyridine rings is 1. The predicted octanol–water partition coefficient (Wildman–Crippen LogP) is 5.45. The summed E-state index contributed by atoms with van der Waals surface area (Å²) in [5.41, 5.74) is 3.16. The highest BCUT2D eigenvalue weighted by Crippen LogP contribution is 2.31. The third-order valence-corrected chi connectivity index (χ3v) is 5.91. The molecule has 31 heavy (non-hydrogen) atoms. The van der Waals surface area contributed by atoms with Crippen LogP contribution in [0.5, 0.6) is 5.75 Å². The van der Waals surface area contributed by atoms with Crippen LogP contribution in [0.4, 0.5) is 5.69 Å². The van der Waals surface area contributed by atoms with Gasteiger partial charge in [-0.2, -0.15) is 0 Å². The summed E-state index contributed by atoms with van der Waals surface area (Å²) < 4.78 is 6.19. The zero-order valence-electron chi connectivity index (χ0n) is 17.2. The molecule has 3 aromatic carbocycles. The van der Waals surface area contributed by atoms with Crippen molar-refractivity contribution < 1.29 is 9.53 Å². The second kappa shape index (κ2) is 8.78. The van der Waals surface area contributed by atoms with Crippen LogP contribution in [-0.2, 0) is 6.54 Å². The Morgan fingerprint density at radius 3 is 2.55 bits per heavy atom. The van der Waals surface area contributed by atoms with E-state index in [1.165, 1.54) is 0 Å². The first-order valence-electron chi connectivity index (χ1n) is 9.80. The molecule has 0 aliphatic heterocycles. The normalized spacial score (nSPS) is 10.8. The fourth-order valence-corrected chi connectivity index (χ4v) is 4.07. The molecule has 0 atom stereocenters. The molecule has 4 aromatic rings. The number of hydrogen-bond acceptors (Lipinski definition) is 3. The molecule has 1 heterocycles. The lowest BCUT2D eigenvalue weighted by Crippen LogP contribution is -2.33. The molecule has 0 saturated carbocycles. The molecular formula is C25H21BrN2O3. The van der Waals surface area contributed by atoms with Crippen molar-refractivity contribution in [1.29, 1.82) is 0 Å². The Kier molecular flexibility index (Phi) is 5.91. The lowest BCUT2D eigenvalue weighted by molar-refractivity contribution is 0.0983. The summed E-state index contributed by atoms with van der Waals surface area (Å²) in [4.78, 5) is 31.0. The number of nitrogens with zero attached hydrogens (tertiary/aromatic N) is 1. The number of H-pyrrole nitrogens is 1. The second-order valence-electron chi connectivity index (χ2n) is 7.21. The van der Waals surface area contributed by atoms with Gasteiger partial charge in [0.15, 0.2) is 0 Å². The number of para-hydroxylation sites is 3. The highest BCUT2D eigenvalue weighted by Gasteiger charge is 2.24. The number of aromatic nitrogens is 1. The molecule has 4 rings (SSSR count). The van der Waals surface area contributed by atoms with Crippen molar-refractivity contribution in [1.82, 2.24) is 4.98 Å². The number of aryl methyl sites for hydroxylation is 1. The summed E-state index contributed by atoms with van der Waals surface area (Å²) in [6, 6.07) is 22.2. The summed E-state index contributed by atoms with van der Waals surface area (Å²) in [6.07, 6.45) is 0. The standard InChI is InChI=1S/C25H21BrN2O3/c1-16-8-7-9-17-14-18(24(29)27-23(16)17)15-28(21-12-5-6-13-22(21)31-2)25(30)19-10-3-4-11-20(19)26/h3-14H,15H2,1-2H3,(H,27,29). The van der Waals surface area contributed by atoms with Crippen LogP contribution in [0.25, 0.3) is 10.9 Å². The van der Waals surface area contributed by atoms with E-state index in [9.17, 15) is 9.59 Å². The minimum atomic E-state index is -0.235. The smallest absolute Gasteiger partial charge is 0.259 e. The average Bonchev–Trinajstić information content (AvgIpc) is 2.78. The van der Waals surface area contributed by atoms with Gasteiger partial charge >= 0.3 is 0 Å². The van der Waals surface area contributed by atoms with E-state index < -0.39 is 0 Å². The van der Waals surface area contributed by atoms with Crippen LogP contribution in [0.15, 0.2) is 82.1 Å². The monoisotopic (exact) mass is 476 g/mol. The Balaban J connectivity index is 1.85. The first-order chi connectivity index (χ1) is 15.0. The number of nitrogens with one attached hydrogen (secondary N) is 1. The van der Waals surface area contributed by atoms with Gasteiger partial charge in [0.05, 0.1) is 30.4 Å². The Bertz CT molecular complexity index is 1330. The topological polar surface area (TPSA) is 62.4 Å². The second-order valence-corrected chi connectivity index (χ2v) is 8.06. The molecule has 0 unspecified atom stereocenters. The fourth-order valence-electron chi connectivity index (χ4n) is 3.62. The van der Waals surface area contributed by atoms with E-state index in [1.807, 2.05) is 67.6 Å². The quantitative estimate of drug-likeness (QED) is 0.416. The van der Waals surface area contributed by atoms with Crippen molar-refractivity contribution in [3.63, 3.8) is 0 Å². The molecule has 0 bridgehead atoms. The van der Waals surface area contributed by atoms with Gasteiger partial charge in [-0.3, -0.25) is 9.59 Å². The molecule has 5 nitrogen and oxygen atoms in total. The van der Waals surface area contributed by atoms with E-state index in [-0.39, 0.29) is 18.0 Å². The molecule has 0 radical (unpaired) electrons. The van der Waals surface area contributed by atoms with Gasteiger partial charge in [-0.1, -0.05) is 42.5 Å². The van der Waals surface area contributed by atoms with Crippen molar-refractivity contribution in [2.24, 2.45) is 0 Å². The van der Waals surface area contributed by atoms with Crippen LogP contribution in [0.2, 0.25) is 0 Å². The van der Waals surface area contributed by atoms with Gasteiger partial charge in [-0.15, -0.1) is 0 Å². The number of anilines is 1. The SMILES string of the molecule is COc1ccccc1N(Cc1cc2cccc(C)c2[nH]c1=O)C(=O)c1ccccc1Br. The number of hydrogen-bond donors (Lipinski definition) is 1. The number of fused-ring (bicyclic) bond motifs is 1. The average molecular weight is 477 g/mol. The molecule has 156 valence electrons. The minimum Gasteiger partial charge on any atom is -0.495 e. The van der Waals surface area contributed by atoms with Gasteiger partial charge in [0.1, 0.15) is 5.75 Å². The van der Waals surface area contributed by atoms with Crippen molar-refractivity contribution >= 4 is 38.4 Å². The van der Waals surface area contributed by atoms with E-state index in [4.69, 9.17) is 4.74 Å². The zero-order valence-corrected chi connectivity index (χ0v) is 18.8. The fraction of sp³-hybridized carbons (Fsp3) is 0.120.